The van der Waals surface area contributed by atoms with Gasteiger partial charge in [-0.05, 0) is 0 Å². The summed E-state index contributed by atoms with van der Waals surface area (Å²) in [6, 6.07) is 1.03. The molecule has 1 aromatic heterocycles. The predicted octanol–water partition coefficient (Wildman–Crippen LogP) is 0.956. The molecular weight excluding hydrogens is 225 g/mol. The molecule has 0 aliphatic carbocycles. The van der Waals surface area contributed by atoms with Crippen LogP contribution in [0.5, 0.6) is 0 Å². The summed E-state index contributed by atoms with van der Waals surface area (Å²) < 4.78 is 21.5. The van der Waals surface area contributed by atoms with E-state index in [-0.39, 0.29) is 5.15 Å². The number of hydrogen-bond acceptors (Lipinski definition) is 3. The molecule has 0 aromatic carbocycles. The van der Waals surface area contributed by atoms with Crippen LogP contribution in [0.1, 0.15) is 0 Å². The zero-order chi connectivity index (χ0) is 9.35. The Hall–Kier alpha value is -0.520. The molecule has 1 rings (SSSR count). The SMILES string of the molecule is O=c1cc[nH]c(Cl)c1S(=O)(=O)Cl. The van der Waals surface area contributed by atoms with Gasteiger partial charge in [-0.3, -0.25) is 4.79 Å². The third-order valence-corrected chi connectivity index (χ3v) is 2.88. The summed E-state index contributed by atoms with van der Waals surface area (Å²) in [5.41, 5.74) is -0.728. The molecule has 66 valence electrons. The van der Waals surface area contributed by atoms with Crippen molar-refractivity contribution in [2.24, 2.45) is 0 Å². The van der Waals surface area contributed by atoms with E-state index >= 15 is 0 Å². The van der Waals surface area contributed by atoms with Crippen LogP contribution < -0.4 is 5.43 Å². The average molecular weight is 228 g/mol. The van der Waals surface area contributed by atoms with Gasteiger partial charge in [0.1, 0.15) is 5.15 Å². The Balaban J connectivity index is 3.65. The number of nitrogens with one attached hydrogen (secondary N) is 1. The Kier molecular flexibility index (Phi) is 2.46. The van der Waals surface area contributed by atoms with E-state index < -0.39 is 19.4 Å². The first-order valence-corrected chi connectivity index (χ1v) is 5.43. The number of H-pyrrole nitrogens is 1. The van der Waals surface area contributed by atoms with E-state index in [2.05, 4.69) is 4.98 Å². The Morgan fingerprint density at radius 2 is 2.00 bits per heavy atom. The highest BCUT2D eigenvalue weighted by molar-refractivity contribution is 8.13. The summed E-state index contributed by atoms with van der Waals surface area (Å²) >= 11 is 5.39. The smallest absolute Gasteiger partial charge is 0.268 e. The minimum Gasteiger partial charge on any atom is -0.351 e. The molecule has 0 saturated carbocycles. The monoisotopic (exact) mass is 227 g/mol. The minimum atomic E-state index is -4.07. The predicted molar refractivity (Wildman–Crippen MR) is 45.1 cm³/mol. The topological polar surface area (TPSA) is 67.0 Å². The first-order chi connectivity index (χ1) is 5.43. The van der Waals surface area contributed by atoms with Gasteiger partial charge < -0.3 is 4.98 Å². The number of aromatic amines is 1. The third kappa shape index (κ3) is 1.80. The highest BCUT2D eigenvalue weighted by atomic mass is 35.7. The molecule has 7 heteroatoms. The molecule has 0 aliphatic heterocycles. The largest absolute Gasteiger partial charge is 0.351 e. The maximum atomic E-state index is 10.9. The minimum absolute atomic E-state index is 0.280. The second-order valence-electron chi connectivity index (χ2n) is 1.92. The second kappa shape index (κ2) is 3.08. The van der Waals surface area contributed by atoms with Crippen LogP contribution in [0.2, 0.25) is 5.15 Å². The van der Waals surface area contributed by atoms with Crippen LogP contribution in [0.15, 0.2) is 22.0 Å². The summed E-state index contributed by atoms with van der Waals surface area (Å²) in [5, 5.41) is -0.280. The summed E-state index contributed by atoms with van der Waals surface area (Å²) in [6.45, 7) is 0. The van der Waals surface area contributed by atoms with Crippen molar-refractivity contribution in [3.05, 3.63) is 27.6 Å². The van der Waals surface area contributed by atoms with Gasteiger partial charge >= 0.3 is 0 Å². The van der Waals surface area contributed by atoms with Crippen molar-refractivity contribution in [3.8, 4) is 0 Å². The number of aromatic nitrogens is 1. The number of hydrogen-bond donors (Lipinski definition) is 1. The maximum absolute atomic E-state index is 10.9. The Morgan fingerprint density at radius 3 is 2.33 bits per heavy atom. The quantitative estimate of drug-likeness (QED) is 0.574. The van der Waals surface area contributed by atoms with E-state index in [1.54, 1.807) is 0 Å². The average Bonchev–Trinajstić information content (AvgIpc) is 1.82. The number of rotatable bonds is 1. The fourth-order valence-electron chi connectivity index (χ4n) is 0.667. The lowest BCUT2D eigenvalue weighted by atomic mass is 10.5. The van der Waals surface area contributed by atoms with Crippen LogP contribution in [0.4, 0.5) is 0 Å². The summed E-state index contributed by atoms with van der Waals surface area (Å²) in [4.78, 5) is 12.7. The lowest BCUT2D eigenvalue weighted by Gasteiger charge is -1.96. The van der Waals surface area contributed by atoms with Gasteiger partial charge in [0.2, 0.25) is 5.43 Å². The van der Waals surface area contributed by atoms with Crippen molar-refractivity contribution < 1.29 is 8.42 Å². The zero-order valence-electron chi connectivity index (χ0n) is 5.54. The van der Waals surface area contributed by atoms with E-state index in [0.29, 0.717) is 0 Å². The second-order valence-corrected chi connectivity index (χ2v) is 4.80. The van der Waals surface area contributed by atoms with E-state index in [4.69, 9.17) is 22.3 Å². The van der Waals surface area contributed by atoms with Crippen LogP contribution in [-0.2, 0) is 9.05 Å². The van der Waals surface area contributed by atoms with E-state index in [9.17, 15) is 13.2 Å². The van der Waals surface area contributed by atoms with Crippen LogP contribution in [0.3, 0.4) is 0 Å². The van der Waals surface area contributed by atoms with Gasteiger partial charge in [-0.1, -0.05) is 11.6 Å². The fourth-order valence-corrected chi connectivity index (χ4v) is 2.29. The van der Waals surface area contributed by atoms with Crippen molar-refractivity contribution in [2.75, 3.05) is 0 Å². The Bertz CT molecular complexity index is 450. The molecule has 1 aromatic rings. The molecular formula is C5H3Cl2NO3S. The standard InChI is InChI=1S/C5H3Cl2NO3S/c6-5-4(12(7,10)11)3(9)1-2-8-5/h1-2H,(H,8,9). The number of halogens is 2. The highest BCUT2D eigenvalue weighted by Crippen LogP contribution is 2.17. The highest BCUT2D eigenvalue weighted by Gasteiger charge is 2.18. The van der Waals surface area contributed by atoms with Gasteiger partial charge in [0.25, 0.3) is 9.05 Å². The molecule has 0 amide bonds. The fraction of sp³-hybridized carbons (Fsp3) is 0. The molecule has 12 heavy (non-hydrogen) atoms. The maximum Gasteiger partial charge on any atom is 0.268 e. The molecule has 4 nitrogen and oxygen atoms in total. The van der Waals surface area contributed by atoms with Crippen molar-refractivity contribution in [2.45, 2.75) is 4.90 Å². The molecule has 0 fully saturated rings. The van der Waals surface area contributed by atoms with Crippen molar-refractivity contribution >= 4 is 31.3 Å². The van der Waals surface area contributed by atoms with Gasteiger partial charge in [0.15, 0.2) is 4.90 Å². The molecule has 0 unspecified atom stereocenters. The molecule has 0 saturated heterocycles. The van der Waals surface area contributed by atoms with Crippen molar-refractivity contribution in [1.29, 1.82) is 0 Å². The molecule has 1 heterocycles. The van der Waals surface area contributed by atoms with Gasteiger partial charge in [-0.2, -0.15) is 0 Å². The van der Waals surface area contributed by atoms with Crippen molar-refractivity contribution in [1.82, 2.24) is 4.98 Å². The molecule has 1 N–H and O–H groups in total. The first kappa shape index (κ1) is 9.57. The lowest BCUT2D eigenvalue weighted by molar-refractivity contribution is 0.608. The zero-order valence-corrected chi connectivity index (χ0v) is 7.87. The molecule has 0 aliphatic rings. The number of pyridine rings is 1. The molecule has 0 radical (unpaired) electrons. The van der Waals surface area contributed by atoms with E-state index in [0.717, 1.165) is 6.07 Å². The van der Waals surface area contributed by atoms with E-state index in [1.165, 1.54) is 6.20 Å². The van der Waals surface area contributed by atoms with Gasteiger partial charge in [-0.25, -0.2) is 8.42 Å². The molecule has 0 spiro atoms. The van der Waals surface area contributed by atoms with Crippen LogP contribution >= 0.6 is 22.3 Å². The Morgan fingerprint density at radius 1 is 1.42 bits per heavy atom. The van der Waals surface area contributed by atoms with E-state index in [1.807, 2.05) is 0 Å². The van der Waals surface area contributed by atoms with Crippen LogP contribution in [0.25, 0.3) is 0 Å². The third-order valence-electron chi connectivity index (χ3n) is 1.11. The van der Waals surface area contributed by atoms with Gasteiger partial charge in [0.05, 0.1) is 0 Å². The van der Waals surface area contributed by atoms with Gasteiger partial charge in [-0.15, -0.1) is 0 Å². The summed E-state index contributed by atoms with van der Waals surface area (Å²) in [7, 11) is 0.869. The Labute approximate surface area is 77.5 Å². The molecule has 0 atom stereocenters. The van der Waals surface area contributed by atoms with Crippen molar-refractivity contribution in [3.63, 3.8) is 0 Å². The summed E-state index contributed by atoms with van der Waals surface area (Å²) in [5.74, 6) is 0. The first-order valence-electron chi connectivity index (χ1n) is 2.75. The normalized spacial score (nSPS) is 11.5. The lowest BCUT2D eigenvalue weighted by Crippen LogP contribution is -2.11. The molecule has 0 bridgehead atoms. The van der Waals surface area contributed by atoms with Crippen LogP contribution in [0, 0.1) is 0 Å². The van der Waals surface area contributed by atoms with Crippen LogP contribution in [-0.4, -0.2) is 13.4 Å². The van der Waals surface area contributed by atoms with Gasteiger partial charge in [0, 0.05) is 22.9 Å². The summed E-state index contributed by atoms with van der Waals surface area (Å²) in [6.07, 6.45) is 1.23.